The molecular formula is C44H83O13P. The summed E-state index contributed by atoms with van der Waals surface area (Å²) in [6.45, 7) is 3.28. The number of carbonyl (C=O) groups excluding carboxylic acids is 2. The van der Waals surface area contributed by atoms with E-state index < -0.39 is 75.7 Å². The maximum Gasteiger partial charge on any atom is 0.472 e. The van der Waals surface area contributed by atoms with Crippen molar-refractivity contribution in [3.8, 4) is 0 Å². The van der Waals surface area contributed by atoms with Crippen molar-refractivity contribution < 1.29 is 63.1 Å². The SMILES string of the molecule is CCCCCCCC/C=C/CCCCCCCCCCCC(=O)OC[C@@H](COP(=O)(O)OC1C(O)C(O)C(O)[C@H](O)C1O)OC(=O)CCCCCCCCCCCC. The van der Waals surface area contributed by atoms with Crippen molar-refractivity contribution in [2.24, 2.45) is 0 Å². The van der Waals surface area contributed by atoms with Crippen LogP contribution in [0.3, 0.4) is 0 Å². The second-order valence-corrected chi connectivity index (χ2v) is 17.7. The van der Waals surface area contributed by atoms with E-state index in [4.69, 9.17) is 18.5 Å². The molecule has 0 saturated heterocycles. The summed E-state index contributed by atoms with van der Waals surface area (Å²) in [7, 11) is -5.11. The van der Waals surface area contributed by atoms with Crippen LogP contribution in [0.15, 0.2) is 12.2 Å². The van der Waals surface area contributed by atoms with Gasteiger partial charge < -0.3 is 39.9 Å². The quantitative estimate of drug-likeness (QED) is 0.0149. The van der Waals surface area contributed by atoms with Gasteiger partial charge in [-0.3, -0.25) is 18.6 Å². The number of phosphoric ester groups is 1. The van der Waals surface area contributed by atoms with Gasteiger partial charge in [0.05, 0.1) is 6.61 Å². The van der Waals surface area contributed by atoms with E-state index in [9.17, 15) is 44.6 Å². The first kappa shape index (κ1) is 54.6. The Morgan fingerprint density at radius 2 is 0.879 bits per heavy atom. The highest BCUT2D eigenvalue weighted by Crippen LogP contribution is 2.47. The summed E-state index contributed by atoms with van der Waals surface area (Å²) in [4.78, 5) is 35.6. The molecule has 0 aliphatic heterocycles. The van der Waals surface area contributed by atoms with Gasteiger partial charge in [0.1, 0.15) is 43.2 Å². The number of carbonyl (C=O) groups is 2. The van der Waals surface area contributed by atoms with Gasteiger partial charge in [0.2, 0.25) is 0 Å². The van der Waals surface area contributed by atoms with Crippen molar-refractivity contribution >= 4 is 19.8 Å². The summed E-state index contributed by atoms with van der Waals surface area (Å²) >= 11 is 0. The van der Waals surface area contributed by atoms with Crippen LogP contribution >= 0.6 is 7.82 Å². The van der Waals surface area contributed by atoms with Crippen LogP contribution < -0.4 is 0 Å². The van der Waals surface area contributed by atoms with Crippen LogP contribution in [0.1, 0.15) is 200 Å². The molecule has 14 heteroatoms. The molecule has 0 aromatic heterocycles. The summed E-state index contributed by atoms with van der Waals surface area (Å²) in [6, 6.07) is 0. The van der Waals surface area contributed by atoms with E-state index in [0.717, 1.165) is 44.9 Å². The molecular weight excluding hydrogens is 767 g/mol. The number of unbranched alkanes of at least 4 members (excludes halogenated alkanes) is 24. The third kappa shape index (κ3) is 27.4. The topological polar surface area (TPSA) is 210 Å². The Morgan fingerprint density at radius 1 is 0.517 bits per heavy atom. The largest absolute Gasteiger partial charge is 0.472 e. The number of esters is 2. The number of hydrogen-bond acceptors (Lipinski definition) is 12. The zero-order valence-electron chi connectivity index (χ0n) is 36.1. The second kappa shape index (κ2) is 35.2. The van der Waals surface area contributed by atoms with Gasteiger partial charge in [-0.2, -0.15) is 0 Å². The van der Waals surface area contributed by atoms with Gasteiger partial charge in [0, 0.05) is 12.8 Å². The molecule has 1 saturated carbocycles. The fraction of sp³-hybridized carbons (Fsp3) is 0.909. The number of hydrogen-bond donors (Lipinski definition) is 6. The molecule has 1 fully saturated rings. The van der Waals surface area contributed by atoms with E-state index in [1.54, 1.807) is 0 Å². The summed E-state index contributed by atoms with van der Waals surface area (Å²) in [6.07, 6.45) is 22.8. The predicted octanol–water partition coefficient (Wildman–Crippen LogP) is 8.67. The number of allylic oxidation sites excluding steroid dienone is 2. The molecule has 0 radical (unpaired) electrons. The fourth-order valence-corrected chi connectivity index (χ4v) is 8.08. The first-order chi connectivity index (χ1) is 27.9. The van der Waals surface area contributed by atoms with Gasteiger partial charge in [0.15, 0.2) is 6.10 Å². The lowest BCUT2D eigenvalue weighted by Gasteiger charge is -2.41. The molecule has 0 bridgehead atoms. The van der Waals surface area contributed by atoms with Gasteiger partial charge in [-0.1, -0.05) is 161 Å². The molecule has 0 amide bonds. The van der Waals surface area contributed by atoms with E-state index in [0.29, 0.717) is 12.8 Å². The van der Waals surface area contributed by atoms with Crippen LogP contribution in [0.4, 0.5) is 0 Å². The van der Waals surface area contributed by atoms with E-state index in [1.165, 1.54) is 116 Å². The molecule has 0 spiro atoms. The normalized spacial score (nSPS) is 22.6. The zero-order valence-corrected chi connectivity index (χ0v) is 37.0. The van der Waals surface area contributed by atoms with Crippen LogP contribution in [-0.4, -0.2) is 98.3 Å². The maximum absolute atomic E-state index is 12.8. The molecule has 1 aliphatic rings. The Hall–Kier alpha value is -1.41. The number of ether oxygens (including phenoxy) is 2. The monoisotopic (exact) mass is 851 g/mol. The molecule has 0 heterocycles. The van der Waals surface area contributed by atoms with Crippen molar-refractivity contribution in [2.75, 3.05) is 13.2 Å². The molecule has 1 aliphatic carbocycles. The number of aliphatic hydroxyl groups excluding tert-OH is 5. The maximum atomic E-state index is 12.8. The van der Waals surface area contributed by atoms with Gasteiger partial charge in [0.25, 0.3) is 0 Å². The molecule has 0 aromatic rings. The van der Waals surface area contributed by atoms with Crippen molar-refractivity contribution in [1.29, 1.82) is 0 Å². The molecule has 13 nitrogen and oxygen atoms in total. The van der Waals surface area contributed by atoms with Crippen molar-refractivity contribution in [2.45, 2.75) is 243 Å². The average Bonchev–Trinajstić information content (AvgIpc) is 3.20. The summed E-state index contributed by atoms with van der Waals surface area (Å²) in [5, 5.41) is 50.0. The highest BCUT2D eigenvalue weighted by atomic mass is 31.2. The first-order valence-corrected chi connectivity index (χ1v) is 24.5. The van der Waals surface area contributed by atoms with Crippen LogP contribution in [-0.2, 0) is 32.7 Å². The Morgan fingerprint density at radius 3 is 1.31 bits per heavy atom. The minimum absolute atomic E-state index is 0.101. The smallest absolute Gasteiger partial charge is 0.462 e. The number of phosphoric acid groups is 1. The van der Waals surface area contributed by atoms with Crippen LogP contribution in [0.5, 0.6) is 0 Å². The standard InChI is InChI=1S/C44H83O13P/c1-3-5-7-9-11-13-15-16-17-18-19-20-21-22-23-25-26-28-30-32-37(45)54-34-36(56-38(46)33-31-29-27-24-14-12-10-8-6-4-2)35-55-58(52,53)57-44-42(50)40(48)39(47)41(49)43(44)51/h16-17,36,39-44,47-51H,3-15,18-35H2,1-2H3,(H,52,53)/b17-16+/t36-,39?,40-,41?,42?,43?,44?/m0/s1. The predicted molar refractivity (Wildman–Crippen MR) is 226 cm³/mol. The van der Waals surface area contributed by atoms with Crippen LogP contribution in [0, 0.1) is 0 Å². The molecule has 6 unspecified atom stereocenters. The second-order valence-electron chi connectivity index (χ2n) is 16.3. The van der Waals surface area contributed by atoms with Gasteiger partial charge in [-0.05, 0) is 38.5 Å². The molecule has 0 aromatic carbocycles. The molecule has 8 atom stereocenters. The van der Waals surface area contributed by atoms with E-state index in [2.05, 4.69) is 26.0 Å². The first-order valence-electron chi connectivity index (χ1n) is 23.0. The van der Waals surface area contributed by atoms with Gasteiger partial charge in [-0.15, -0.1) is 0 Å². The highest BCUT2D eigenvalue weighted by Gasteiger charge is 2.51. The van der Waals surface area contributed by atoms with Crippen LogP contribution in [0.2, 0.25) is 0 Å². The van der Waals surface area contributed by atoms with Crippen molar-refractivity contribution in [3.05, 3.63) is 12.2 Å². The Bertz CT molecular complexity index is 1080. The molecule has 1 rings (SSSR count). The average molecular weight is 851 g/mol. The van der Waals surface area contributed by atoms with E-state index in [1.807, 2.05) is 0 Å². The van der Waals surface area contributed by atoms with E-state index in [-0.39, 0.29) is 12.8 Å². The summed E-state index contributed by atoms with van der Waals surface area (Å²) in [5.74, 6) is -1.10. The molecule has 342 valence electrons. The number of aliphatic hydroxyl groups is 5. The summed E-state index contributed by atoms with van der Waals surface area (Å²) < 4.78 is 33.5. The van der Waals surface area contributed by atoms with Crippen molar-refractivity contribution in [1.82, 2.24) is 0 Å². The lowest BCUT2D eigenvalue weighted by molar-refractivity contribution is -0.220. The fourth-order valence-electron chi connectivity index (χ4n) is 7.11. The lowest BCUT2D eigenvalue weighted by Crippen LogP contribution is -2.64. The minimum Gasteiger partial charge on any atom is -0.462 e. The Labute approximate surface area is 350 Å². The Balaban J connectivity index is 2.40. The molecule has 58 heavy (non-hydrogen) atoms. The number of rotatable bonds is 38. The van der Waals surface area contributed by atoms with Crippen molar-refractivity contribution in [3.63, 3.8) is 0 Å². The third-order valence-corrected chi connectivity index (χ3v) is 11.8. The Kier molecular flexibility index (Phi) is 33.2. The minimum atomic E-state index is -5.11. The summed E-state index contributed by atoms with van der Waals surface area (Å²) in [5.41, 5.74) is 0. The highest BCUT2D eigenvalue weighted by molar-refractivity contribution is 7.47. The van der Waals surface area contributed by atoms with Crippen LogP contribution in [0.25, 0.3) is 0 Å². The lowest BCUT2D eigenvalue weighted by atomic mass is 9.85. The molecule has 6 N–H and O–H groups in total. The van der Waals surface area contributed by atoms with E-state index >= 15 is 0 Å². The zero-order chi connectivity index (χ0) is 42.9. The third-order valence-electron chi connectivity index (χ3n) is 10.9. The van der Waals surface area contributed by atoms with Gasteiger partial charge >= 0.3 is 19.8 Å². The van der Waals surface area contributed by atoms with Gasteiger partial charge in [-0.25, -0.2) is 4.57 Å².